The summed E-state index contributed by atoms with van der Waals surface area (Å²) in [7, 11) is 0. The molecule has 7 heteroatoms. The topological polar surface area (TPSA) is 55.1 Å². The molecule has 1 saturated carbocycles. The molecule has 0 aliphatic heterocycles. The van der Waals surface area contributed by atoms with Gasteiger partial charge in [-0.15, -0.1) is 12.4 Å². The van der Waals surface area contributed by atoms with Crippen LogP contribution in [0.4, 0.5) is 18.9 Å². The Bertz CT molecular complexity index is 491. The molecule has 3 nitrogen and oxygen atoms in total. The highest BCUT2D eigenvalue weighted by atomic mass is 35.5. The third-order valence-electron chi connectivity index (χ3n) is 3.98. The number of benzene rings is 1. The lowest BCUT2D eigenvalue weighted by molar-refractivity contribution is -0.197. The Kier molecular flexibility index (Phi) is 6.68. The third kappa shape index (κ3) is 4.61. The second-order valence-corrected chi connectivity index (χ2v) is 5.43. The molecule has 0 aromatic heterocycles. The Labute approximate surface area is 133 Å². The van der Waals surface area contributed by atoms with Crippen LogP contribution in [0.15, 0.2) is 24.3 Å². The van der Waals surface area contributed by atoms with Crippen LogP contribution in [-0.4, -0.2) is 12.1 Å². The standard InChI is InChI=1S/C15H19F3N2O.ClH/c16-15(17,18)13-4-2-1-3-12(13)14(21)20-11-7-5-10(9-19)6-8-11;/h5-8,12-13H,1-4,9,19H2,(H,20,21);1H. The molecule has 1 fully saturated rings. The average Bonchev–Trinajstić information content (AvgIpc) is 2.47. The van der Waals surface area contributed by atoms with E-state index in [1.165, 1.54) is 0 Å². The number of carbonyl (C=O) groups excluding carboxylic acids is 1. The van der Waals surface area contributed by atoms with Crippen LogP contribution < -0.4 is 11.1 Å². The quantitative estimate of drug-likeness (QED) is 0.880. The summed E-state index contributed by atoms with van der Waals surface area (Å²) < 4.78 is 39.0. The van der Waals surface area contributed by atoms with Crippen molar-refractivity contribution in [2.24, 2.45) is 17.6 Å². The highest BCUT2D eigenvalue weighted by Crippen LogP contribution is 2.41. The molecule has 2 rings (SSSR count). The molecule has 22 heavy (non-hydrogen) atoms. The van der Waals surface area contributed by atoms with Gasteiger partial charge in [-0.05, 0) is 30.5 Å². The zero-order chi connectivity index (χ0) is 15.5. The number of amides is 1. The van der Waals surface area contributed by atoms with Gasteiger partial charge in [-0.3, -0.25) is 4.79 Å². The van der Waals surface area contributed by atoms with Gasteiger partial charge in [0.25, 0.3) is 0 Å². The van der Waals surface area contributed by atoms with Crippen LogP contribution in [0.25, 0.3) is 0 Å². The number of hydrogen-bond acceptors (Lipinski definition) is 2. The van der Waals surface area contributed by atoms with Gasteiger partial charge in [0.1, 0.15) is 0 Å². The van der Waals surface area contributed by atoms with Crippen molar-refractivity contribution < 1.29 is 18.0 Å². The molecule has 0 saturated heterocycles. The number of alkyl halides is 3. The summed E-state index contributed by atoms with van der Waals surface area (Å²) in [4.78, 5) is 12.1. The highest BCUT2D eigenvalue weighted by Gasteiger charge is 2.47. The number of nitrogens with one attached hydrogen (secondary N) is 1. The van der Waals surface area contributed by atoms with E-state index >= 15 is 0 Å². The summed E-state index contributed by atoms with van der Waals surface area (Å²) in [5.41, 5.74) is 6.88. The first kappa shape index (κ1) is 18.8. The Morgan fingerprint density at radius 1 is 1.18 bits per heavy atom. The fourth-order valence-electron chi connectivity index (χ4n) is 2.80. The van der Waals surface area contributed by atoms with Crippen LogP contribution in [0.1, 0.15) is 31.2 Å². The molecule has 0 bridgehead atoms. The molecule has 1 aromatic carbocycles. The minimum absolute atomic E-state index is 0. The van der Waals surface area contributed by atoms with Gasteiger partial charge >= 0.3 is 6.18 Å². The second kappa shape index (κ2) is 7.83. The van der Waals surface area contributed by atoms with Gasteiger partial charge in [0.2, 0.25) is 5.91 Å². The van der Waals surface area contributed by atoms with Gasteiger partial charge in [0.15, 0.2) is 0 Å². The van der Waals surface area contributed by atoms with E-state index < -0.39 is 23.9 Å². The maximum Gasteiger partial charge on any atom is 0.392 e. The molecule has 0 heterocycles. The maximum absolute atomic E-state index is 13.0. The van der Waals surface area contributed by atoms with E-state index in [1.807, 2.05) is 0 Å². The third-order valence-corrected chi connectivity index (χ3v) is 3.98. The summed E-state index contributed by atoms with van der Waals surface area (Å²) in [6.07, 6.45) is -2.80. The number of anilines is 1. The van der Waals surface area contributed by atoms with Crippen molar-refractivity contribution in [1.29, 1.82) is 0 Å². The van der Waals surface area contributed by atoms with Crippen LogP contribution in [0.3, 0.4) is 0 Å². The summed E-state index contributed by atoms with van der Waals surface area (Å²) in [6, 6.07) is 6.81. The number of halogens is 4. The average molecular weight is 337 g/mol. The Balaban J connectivity index is 0.00000242. The van der Waals surface area contributed by atoms with Crippen LogP contribution in [0.5, 0.6) is 0 Å². The van der Waals surface area contributed by atoms with Crippen molar-refractivity contribution in [2.75, 3.05) is 5.32 Å². The molecular weight excluding hydrogens is 317 g/mol. The lowest BCUT2D eigenvalue weighted by Gasteiger charge is -2.32. The fourth-order valence-corrected chi connectivity index (χ4v) is 2.80. The van der Waals surface area contributed by atoms with Crippen molar-refractivity contribution in [3.63, 3.8) is 0 Å². The molecule has 3 N–H and O–H groups in total. The number of rotatable bonds is 3. The van der Waals surface area contributed by atoms with Crippen molar-refractivity contribution in [1.82, 2.24) is 0 Å². The first-order valence-electron chi connectivity index (χ1n) is 7.08. The van der Waals surface area contributed by atoms with Crippen molar-refractivity contribution in [3.8, 4) is 0 Å². The first-order chi connectivity index (χ1) is 9.91. The summed E-state index contributed by atoms with van der Waals surface area (Å²) in [6.45, 7) is 0.382. The summed E-state index contributed by atoms with van der Waals surface area (Å²) in [5.74, 6) is -3.07. The zero-order valence-electron chi connectivity index (χ0n) is 12.0. The van der Waals surface area contributed by atoms with Gasteiger partial charge < -0.3 is 11.1 Å². The predicted molar refractivity (Wildman–Crippen MR) is 81.7 cm³/mol. The highest BCUT2D eigenvalue weighted by molar-refractivity contribution is 5.92. The van der Waals surface area contributed by atoms with Gasteiger partial charge in [-0.1, -0.05) is 25.0 Å². The van der Waals surface area contributed by atoms with Crippen molar-refractivity contribution in [3.05, 3.63) is 29.8 Å². The van der Waals surface area contributed by atoms with Crippen molar-refractivity contribution in [2.45, 2.75) is 38.4 Å². The van der Waals surface area contributed by atoms with E-state index in [2.05, 4.69) is 5.32 Å². The van der Waals surface area contributed by atoms with Gasteiger partial charge in [0, 0.05) is 18.2 Å². The number of hydrogen-bond donors (Lipinski definition) is 2. The fraction of sp³-hybridized carbons (Fsp3) is 0.533. The van der Waals surface area contributed by atoms with Gasteiger partial charge in [0.05, 0.1) is 5.92 Å². The number of carbonyl (C=O) groups is 1. The van der Waals surface area contributed by atoms with Crippen LogP contribution in [-0.2, 0) is 11.3 Å². The lowest BCUT2D eigenvalue weighted by atomic mass is 9.78. The maximum atomic E-state index is 13.0. The second-order valence-electron chi connectivity index (χ2n) is 5.43. The first-order valence-corrected chi connectivity index (χ1v) is 7.08. The minimum Gasteiger partial charge on any atom is -0.326 e. The lowest BCUT2D eigenvalue weighted by Crippen LogP contribution is -2.39. The van der Waals surface area contributed by atoms with E-state index in [-0.39, 0.29) is 25.2 Å². The Morgan fingerprint density at radius 2 is 1.77 bits per heavy atom. The SMILES string of the molecule is Cl.NCc1ccc(NC(=O)C2CCCCC2C(F)(F)F)cc1. The predicted octanol–water partition coefficient (Wildman–Crippen LogP) is 3.87. The van der Waals surface area contributed by atoms with Crippen LogP contribution >= 0.6 is 12.4 Å². The normalized spacial score (nSPS) is 21.8. The molecule has 0 radical (unpaired) electrons. The van der Waals surface area contributed by atoms with Crippen LogP contribution in [0.2, 0.25) is 0 Å². The molecular formula is C15H20ClF3N2O. The molecule has 2 atom stereocenters. The van der Waals surface area contributed by atoms with E-state index in [0.29, 0.717) is 25.1 Å². The summed E-state index contributed by atoms with van der Waals surface area (Å²) in [5, 5.41) is 2.59. The monoisotopic (exact) mass is 336 g/mol. The molecule has 1 aliphatic carbocycles. The van der Waals surface area contributed by atoms with E-state index in [4.69, 9.17) is 5.73 Å². The Hall–Kier alpha value is -1.27. The minimum atomic E-state index is -4.31. The Morgan fingerprint density at radius 3 is 2.32 bits per heavy atom. The molecule has 0 spiro atoms. The van der Waals surface area contributed by atoms with E-state index in [9.17, 15) is 18.0 Å². The van der Waals surface area contributed by atoms with Gasteiger partial charge in [-0.2, -0.15) is 13.2 Å². The smallest absolute Gasteiger partial charge is 0.326 e. The molecule has 124 valence electrons. The molecule has 1 aliphatic rings. The van der Waals surface area contributed by atoms with E-state index in [0.717, 1.165) is 5.56 Å². The summed E-state index contributed by atoms with van der Waals surface area (Å²) >= 11 is 0. The van der Waals surface area contributed by atoms with E-state index in [1.54, 1.807) is 24.3 Å². The molecule has 1 aromatic rings. The van der Waals surface area contributed by atoms with Gasteiger partial charge in [-0.25, -0.2) is 0 Å². The van der Waals surface area contributed by atoms with Crippen molar-refractivity contribution >= 4 is 24.0 Å². The van der Waals surface area contributed by atoms with Crippen LogP contribution in [0, 0.1) is 11.8 Å². The molecule has 2 unspecified atom stereocenters. The zero-order valence-corrected chi connectivity index (χ0v) is 12.8. The molecule has 1 amide bonds. The largest absolute Gasteiger partial charge is 0.392 e. The number of nitrogens with two attached hydrogens (primary N) is 1.